The summed E-state index contributed by atoms with van der Waals surface area (Å²) in [6.07, 6.45) is 0. The van der Waals surface area contributed by atoms with Crippen molar-refractivity contribution in [3.05, 3.63) is 190 Å². The van der Waals surface area contributed by atoms with Crippen molar-refractivity contribution in [3.8, 4) is 11.5 Å². The fourth-order valence-corrected chi connectivity index (χ4v) is 11.7. The molecule has 0 radical (unpaired) electrons. The van der Waals surface area contributed by atoms with Gasteiger partial charge in [0, 0.05) is 43.8 Å². The van der Waals surface area contributed by atoms with E-state index in [0.29, 0.717) is 68.6 Å². The molecule has 63 heavy (non-hydrogen) atoms. The molecule has 2 aromatic heterocycles. The number of esters is 2. The number of hydrogen-bond donors (Lipinski definition) is 0. The Morgan fingerprint density at radius 1 is 0.413 bits per heavy atom. The van der Waals surface area contributed by atoms with Crippen LogP contribution in [0.1, 0.15) is 43.0 Å². The maximum atomic E-state index is 12.7. The molecule has 4 aliphatic heterocycles. The molecule has 6 heterocycles. The second-order valence-corrected chi connectivity index (χ2v) is 17.3. The van der Waals surface area contributed by atoms with E-state index in [0.717, 1.165) is 43.8 Å². The van der Waals surface area contributed by atoms with E-state index in [1.165, 1.54) is 14.2 Å². The average Bonchev–Trinajstić information content (AvgIpc) is 4.05. The van der Waals surface area contributed by atoms with Gasteiger partial charge in [-0.1, -0.05) is 97.1 Å². The lowest BCUT2D eigenvalue weighted by Crippen LogP contribution is -2.68. The molecule has 302 valence electrons. The topological polar surface area (TPSA) is 155 Å². The third-order valence-electron chi connectivity index (χ3n) is 11.4. The minimum atomic E-state index is -4.71. The quantitative estimate of drug-likeness (QED) is 0.129. The number of benzene rings is 6. The molecule has 0 aliphatic carbocycles. The Labute approximate surface area is 358 Å². The van der Waals surface area contributed by atoms with Crippen molar-refractivity contribution in [2.45, 2.75) is 0 Å². The molecule has 0 saturated carbocycles. The van der Waals surface area contributed by atoms with Gasteiger partial charge in [-0.2, -0.15) is 0 Å². The Balaban J connectivity index is 1.32. The molecule has 14 nitrogen and oxygen atoms in total. The zero-order chi connectivity index (χ0) is 42.4. The van der Waals surface area contributed by atoms with Crippen molar-refractivity contribution in [2.75, 3.05) is 14.2 Å². The molecule has 0 unspecified atom stereocenters. The maximum Gasteiger partial charge on any atom is 0.738 e. The summed E-state index contributed by atoms with van der Waals surface area (Å²) < 4.78 is 29.2. The summed E-state index contributed by atoms with van der Waals surface area (Å²) in [6, 6.07) is 44.8. The minimum absolute atomic E-state index is 0.323. The van der Waals surface area contributed by atoms with Gasteiger partial charge >= 0.3 is 20.8 Å². The normalized spacial score (nSPS) is 14.8. The molecule has 0 N–H and O–H groups in total. The van der Waals surface area contributed by atoms with Crippen LogP contribution in [0, 0.1) is 0 Å². The van der Waals surface area contributed by atoms with Crippen LogP contribution in [0.25, 0.3) is 21.5 Å². The lowest BCUT2D eigenvalue weighted by molar-refractivity contribution is 0.0592. The van der Waals surface area contributed by atoms with Crippen molar-refractivity contribution in [1.82, 2.24) is 8.47 Å². The largest absolute Gasteiger partial charge is 0.738 e. The number of carbonyl (C=O) groups excluding carboxylic acids is 2. The SMILES string of the molecule is COC(=O)c1ccc(O[Si]2(Oc3ccc(C(=O)OC)cc3)n3c4c5ccccc5c3N=C3N=C(N=c5c6ccccc6c(n52)=NC2=NC(=N4)c4ccccc42)c2ccccc23)cc1. The number of rotatable bonds is 6. The first-order valence-corrected chi connectivity index (χ1v) is 21.6. The number of amidine groups is 4. The lowest BCUT2D eigenvalue weighted by atomic mass is 10.1. The average molecular weight is 843 g/mol. The van der Waals surface area contributed by atoms with Crippen LogP contribution in [0.15, 0.2) is 176 Å². The fourth-order valence-electron chi connectivity index (χ4n) is 8.50. The van der Waals surface area contributed by atoms with Gasteiger partial charge < -0.3 is 18.3 Å². The van der Waals surface area contributed by atoms with E-state index in [4.69, 9.17) is 48.3 Å². The zero-order valence-corrected chi connectivity index (χ0v) is 34.4. The number of aliphatic imine (C=N–C) groups is 4. The van der Waals surface area contributed by atoms with Gasteiger partial charge in [0.2, 0.25) is 0 Å². The molecule has 4 aliphatic rings. The molecular formula is C48H30N8O6Si. The van der Waals surface area contributed by atoms with Gasteiger partial charge in [0.05, 0.1) is 25.3 Å². The molecule has 8 aromatic rings. The first-order valence-electron chi connectivity index (χ1n) is 19.9. The maximum absolute atomic E-state index is 12.7. The Hall–Kier alpha value is -8.56. The molecule has 0 atom stereocenters. The van der Waals surface area contributed by atoms with Crippen LogP contribution < -0.4 is 19.8 Å². The van der Waals surface area contributed by atoms with E-state index in [1.807, 2.05) is 106 Å². The predicted molar refractivity (Wildman–Crippen MR) is 238 cm³/mol. The van der Waals surface area contributed by atoms with Crippen molar-refractivity contribution in [2.24, 2.45) is 30.0 Å². The summed E-state index contributed by atoms with van der Waals surface area (Å²) in [7, 11) is -2.04. The molecule has 0 fully saturated rings. The number of fused-ring (bicyclic) bond motifs is 14. The molecule has 6 bridgehead atoms. The third kappa shape index (κ3) is 5.42. The lowest BCUT2D eigenvalue weighted by Gasteiger charge is -2.33. The molecule has 15 heteroatoms. The van der Waals surface area contributed by atoms with E-state index in [1.54, 1.807) is 48.5 Å². The van der Waals surface area contributed by atoms with E-state index >= 15 is 0 Å². The van der Waals surface area contributed by atoms with E-state index in [-0.39, 0.29) is 0 Å². The summed E-state index contributed by atoms with van der Waals surface area (Å²) in [5.41, 5.74) is 4.71. The Morgan fingerprint density at radius 2 is 0.762 bits per heavy atom. The van der Waals surface area contributed by atoms with Gasteiger partial charge in [0.25, 0.3) is 0 Å². The monoisotopic (exact) mass is 842 g/mol. The number of ether oxygens (including phenoxy) is 2. The highest BCUT2D eigenvalue weighted by atomic mass is 28.4. The molecule has 0 spiro atoms. The van der Waals surface area contributed by atoms with Crippen molar-refractivity contribution in [1.29, 1.82) is 0 Å². The van der Waals surface area contributed by atoms with Crippen molar-refractivity contribution >= 4 is 77.3 Å². The second kappa shape index (κ2) is 13.7. The zero-order valence-electron chi connectivity index (χ0n) is 33.4. The smallest absolute Gasteiger partial charge is 0.480 e. The minimum Gasteiger partial charge on any atom is -0.480 e. The van der Waals surface area contributed by atoms with Crippen LogP contribution in [0.5, 0.6) is 11.5 Å². The Bertz CT molecular complexity index is 3360. The van der Waals surface area contributed by atoms with Crippen LogP contribution >= 0.6 is 0 Å². The van der Waals surface area contributed by atoms with E-state index in [2.05, 4.69) is 0 Å². The summed E-state index contributed by atoms with van der Waals surface area (Å²) in [5, 5.41) is 2.95. The van der Waals surface area contributed by atoms with Gasteiger partial charge in [-0.05, 0) is 48.5 Å². The van der Waals surface area contributed by atoms with Gasteiger partial charge in [-0.3, -0.25) is 8.47 Å². The van der Waals surface area contributed by atoms with Gasteiger partial charge in [-0.15, -0.1) is 0 Å². The van der Waals surface area contributed by atoms with Gasteiger partial charge in [0.1, 0.15) is 34.1 Å². The Morgan fingerprint density at radius 3 is 1.14 bits per heavy atom. The summed E-state index contributed by atoms with van der Waals surface area (Å²) in [6.45, 7) is 0. The number of carbonyl (C=O) groups is 2. The molecule has 6 aromatic carbocycles. The predicted octanol–water partition coefficient (Wildman–Crippen LogP) is 7.10. The first kappa shape index (κ1) is 36.3. The van der Waals surface area contributed by atoms with Crippen molar-refractivity contribution in [3.63, 3.8) is 0 Å². The summed E-state index contributed by atoms with van der Waals surface area (Å²) >= 11 is 0. The van der Waals surface area contributed by atoms with Crippen LogP contribution in [0.4, 0.5) is 11.6 Å². The number of hydrogen-bond acceptors (Lipinski definition) is 12. The van der Waals surface area contributed by atoms with Crippen molar-refractivity contribution < 1.29 is 27.9 Å². The number of nitrogens with zero attached hydrogens (tertiary/aromatic N) is 8. The molecular weight excluding hydrogens is 813 g/mol. The fraction of sp³-hybridized carbons (Fsp3) is 0.0417. The van der Waals surface area contributed by atoms with Crippen LogP contribution in [-0.2, 0) is 9.47 Å². The summed E-state index contributed by atoms with van der Waals surface area (Å²) in [4.78, 5) is 57.5. The molecule has 0 saturated heterocycles. The summed E-state index contributed by atoms with van der Waals surface area (Å²) in [5.74, 6) is 2.31. The standard InChI is InChI=1S/C48H30N8O6Si/c1-59-47(57)27-19-23-29(24-20-27)61-63(62-30-25-21-28(22-26-30)48(58)60-2)55-43-35-15-7-8-16-36(35)45(55)53-41-33-13-5-6-14-34(33)42(50-41)54-46-38-18-10-9-17-37(38)44(56(46)63)52-40-32-12-4-3-11-31(32)39(49-40)51-43/h3-26H,1-2H3. The highest BCUT2D eigenvalue weighted by Crippen LogP contribution is 2.44. The number of methoxy groups -OCH3 is 2. The van der Waals surface area contributed by atoms with E-state index < -0.39 is 20.8 Å². The van der Waals surface area contributed by atoms with Crippen LogP contribution in [0.3, 0.4) is 0 Å². The van der Waals surface area contributed by atoms with Gasteiger partial charge in [-0.25, -0.2) is 39.5 Å². The number of aromatic nitrogens is 2. The molecule has 0 amide bonds. The van der Waals surface area contributed by atoms with Crippen LogP contribution in [0.2, 0.25) is 0 Å². The molecule has 12 rings (SSSR count). The Kier molecular flexibility index (Phi) is 7.91. The van der Waals surface area contributed by atoms with Crippen LogP contribution in [-0.4, -0.2) is 66.9 Å². The highest BCUT2D eigenvalue weighted by molar-refractivity contribution is 6.67. The first-order chi connectivity index (χ1) is 30.9. The highest BCUT2D eigenvalue weighted by Gasteiger charge is 2.57. The third-order valence-corrected chi connectivity index (χ3v) is 14.4. The van der Waals surface area contributed by atoms with Gasteiger partial charge in [0.15, 0.2) is 23.3 Å². The van der Waals surface area contributed by atoms with E-state index in [9.17, 15) is 9.59 Å². The second-order valence-electron chi connectivity index (χ2n) is 14.9.